The van der Waals surface area contributed by atoms with Crippen LogP contribution in [0.25, 0.3) is 0 Å². The molecule has 2 aromatic rings. The molecule has 0 atom stereocenters. The molecule has 28 heavy (non-hydrogen) atoms. The summed E-state index contributed by atoms with van der Waals surface area (Å²) in [4.78, 5) is 13.3. The van der Waals surface area contributed by atoms with E-state index < -0.39 is 27.6 Å². The Labute approximate surface area is 160 Å². The summed E-state index contributed by atoms with van der Waals surface area (Å²) in [7, 11) is -2.40. The maximum Gasteiger partial charge on any atom is 0.416 e. The quantitative estimate of drug-likeness (QED) is 0.703. The first kappa shape index (κ1) is 21.8. The Morgan fingerprint density at radius 2 is 1.61 bits per heavy atom. The number of rotatable bonds is 7. The van der Waals surface area contributed by atoms with Gasteiger partial charge in [-0.1, -0.05) is 12.1 Å². The molecule has 0 fully saturated rings. The minimum Gasteiger partial charge on any atom is -0.341 e. The molecule has 0 aliphatic carbocycles. The lowest BCUT2D eigenvalue weighted by Crippen LogP contribution is -2.32. The fourth-order valence-electron chi connectivity index (χ4n) is 2.34. The fraction of sp³-hybridized carbons (Fsp3) is 0.278. The molecule has 0 saturated carbocycles. The van der Waals surface area contributed by atoms with E-state index in [1.165, 1.54) is 24.1 Å². The Morgan fingerprint density at radius 3 is 2.14 bits per heavy atom. The van der Waals surface area contributed by atoms with Crippen LogP contribution in [0, 0.1) is 5.82 Å². The molecule has 0 aliphatic rings. The zero-order valence-corrected chi connectivity index (χ0v) is 15.6. The average molecular weight is 418 g/mol. The van der Waals surface area contributed by atoms with Crippen molar-refractivity contribution in [1.82, 2.24) is 9.62 Å². The second-order valence-corrected chi connectivity index (χ2v) is 7.81. The van der Waals surface area contributed by atoms with Crippen molar-refractivity contribution in [3.8, 4) is 0 Å². The van der Waals surface area contributed by atoms with E-state index in [-0.39, 0.29) is 30.3 Å². The third kappa shape index (κ3) is 6.03. The standard InChI is InChI=1S/C18H18F4N2O3S/c1-24(12-13-2-4-14(5-3-13)18(20,21)22)17(25)10-11-23-28(26,27)16-8-6-15(19)7-9-16/h2-9,23H,10-12H2,1H3. The van der Waals surface area contributed by atoms with Gasteiger partial charge >= 0.3 is 6.18 Å². The summed E-state index contributed by atoms with van der Waals surface area (Å²) in [6, 6.07) is 8.67. The molecule has 0 aliphatic heterocycles. The van der Waals surface area contributed by atoms with Crippen LogP contribution in [0.2, 0.25) is 0 Å². The Bertz CT molecular complexity index is 911. The molecule has 1 N–H and O–H groups in total. The van der Waals surface area contributed by atoms with E-state index in [1.807, 2.05) is 0 Å². The van der Waals surface area contributed by atoms with Crippen molar-refractivity contribution < 1.29 is 30.8 Å². The predicted octanol–water partition coefficient (Wildman–Crippen LogP) is 3.17. The fourth-order valence-corrected chi connectivity index (χ4v) is 3.37. The SMILES string of the molecule is CN(Cc1ccc(C(F)(F)F)cc1)C(=O)CCNS(=O)(=O)c1ccc(F)cc1. The van der Waals surface area contributed by atoms with Gasteiger partial charge in [0.05, 0.1) is 10.5 Å². The lowest BCUT2D eigenvalue weighted by molar-refractivity contribution is -0.137. The minimum atomic E-state index is -4.43. The van der Waals surface area contributed by atoms with E-state index in [4.69, 9.17) is 0 Å². The van der Waals surface area contributed by atoms with Gasteiger partial charge in [0.1, 0.15) is 5.82 Å². The molecule has 5 nitrogen and oxygen atoms in total. The minimum absolute atomic E-state index is 0.0850. The molecule has 0 heterocycles. The molecule has 0 aromatic heterocycles. The van der Waals surface area contributed by atoms with Gasteiger partial charge in [-0.2, -0.15) is 13.2 Å². The summed E-state index contributed by atoms with van der Waals surface area (Å²) in [5.74, 6) is -0.958. The van der Waals surface area contributed by atoms with Crippen LogP contribution in [0.15, 0.2) is 53.4 Å². The van der Waals surface area contributed by atoms with Crippen LogP contribution in [0.5, 0.6) is 0 Å². The number of hydrogen-bond donors (Lipinski definition) is 1. The number of sulfonamides is 1. The Balaban J connectivity index is 1.86. The summed E-state index contributed by atoms with van der Waals surface area (Å²) in [6.45, 7) is -0.0857. The van der Waals surface area contributed by atoms with E-state index in [0.29, 0.717) is 5.56 Å². The van der Waals surface area contributed by atoms with Gasteiger partial charge in [0, 0.05) is 26.6 Å². The maximum atomic E-state index is 12.9. The number of nitrogens with zero attached hydrogens (tertiary/aromatic N) is 1. The summed E-state index contributed by atoms with van der Waals surface area (Å²) in [5.41, 5.74) is -0.267. The highest BCUT2D eigenvalue weighted by Crippen LogP contribution is 2.29. The average Bonchev–Trinajstić information content (AvgIpc) is 2.61. The van der Waals surface area contributed by atoms with Gasteiger partial charge in [-0.25, -0.2) is 17.5 Å². The van der Waals surface area contributed by atoms with Gasteiger partial charge < -0.3 is 4.90 Å². The first-order chi connectivity index (χ1) is 13.0. The van der Waals surface area contributed by atoms with Gasteiger partial charge in [0.15, 0.2) is 0 Å². The molecule has 0 unspecified atom stereocenters. The van der Waals surface area contributed by atoms with Crippen LogP contribution >= 0.6 is 0 Å². The maximum absolute atomic E-state index is 12.9. The summed E-state index contributed by atoms with van der Waals surface area (Å²) < 4.78 is 76.9. The van der Waals surface area contributed by atoms with E-state index >= 15 is 0 Å². The summed E-state index contributed by atoms with van der Waals surface area (Å²) in [5, 5.41) is 0. The first-order valence-electron chi connectivity index (χ1n) is 8.14. The van der Waals surface area contributed by atoms with E-state index in [9.17, 15) is 30.8 Å². The van der Waals surface area contributed by atoms with Crippen LogP contribution in [0.4, 0.5) is 17.6 Å². The van der Waals surface area contributed by atoms with Gasteiger partial charge in [-0.15, -0.1) is 0 Å². The molecule has 152 valence electrons. The second kappa shape index (κ2) is 8.70. The number of carbonyl (C=O) groups is 1. The molecule has 0 spiro atoms. The lowest BCUT2D eigenvalue weighted by Gasteiger charge is -2.18. The van der Waals surface area contributed by atoms with Crippen molar-refractivity contribution in [2.75, 3.05) is 13.6 Å². The lowest BCUT2D eigenvalue weighted by atomic mass is 10.1. The molecule has 0 bridgehead atoms. The Morgan fingerprint density at radius 1 is 1.04 bits per heavy atom. The van der Waals surface area contributed by atoms with Crippen LogP contribution in [0.3, 0.4) is 0 Å². The number of amides is 1. The van der Waals surface area contributed by atoms with Gasteiger partial charge in [-0.05, 0) is 42.0 Å². The van der Waals surface area contributed by atoms with E-state index in [2.05, 4.69) is 4.72 Å². The zero-order valence-electron chi connectivity index (χ0n) is 14.8. The monoisotopic (exact) mass is 418 g/mol. The largest absolute Gasteiger partial charge is 0.416 e. The van der Waals surface area contributed by atoms with Crippen molar-refractivity contribution in [2.45, 2.75) is 24.0 Å². The van der Waals surface area contributed by atoms with E-state index in [1.54, 1.807) is 0 Å². The van der Waals surface area contributed by atoms with Crippen molar-refractivity contribution >= 4 is 15.9 Å². The van der Waals surface area contributed by atoms with Crippen molar-refractivity contribution in [3.05, 3.63) is 65.5 Å². The molecule has 0 saturated heterocycles. The number of carbonyl (C=O) groups excluding carboxylic acids is 1. The van der Waals surface area contributed by atoms with Crippen molar-refractivity contribution in [3.63, 3.8) is 0 Å². The summed E-state index contributed by atoms with van der Waals surface area (Å²) in [6.07, 6.45) is -4.57. The smallest absolute Gasteiger partial charge is 0.341 e. The second-order valence-electron chi connectivity index (χ2n) is 6.05. The van der Waals surface area contributed by atoms with Crippen LogP contribution in [0.1, 0.15) is 17.5 Å². The molecule has 0 radical (unpaired) electrons. The number of hydrogen-bond acceptors (Lipinski definition) is 3. The first-order valence-corrected chi connectivity index (χ1v) is 9.63. The molecule has 1 amide bonds. The Kier molecular flexibility index (Phi) is 6.78. The highest BCUT2D eigenvalue weighted by atomic mass is 32.2. The van der Waals surface area contributed by atoms with Crippen LogP contribution in [-0.2, 0) is 27.5 Å². The molecule has 2 rings (SSSR count). The predicted molar refractivity (Wildman–Crippen MR) is 94.1 cm³/mol. The normalized spacial score (nSPS) is 12.0. The highest BCUT2D eigenvalue weighted by molar-refractivity contribution is 7.89. The Hall–Kier alpha value is -2.46. The van der Waals surface area contributed by atoms with Gasteiger partial charge in [0.2, 0.25) is 15.9 Å². The van der Waals surface area contributed by atoms with E-state index in [0.717, 1.165) is 36.4 Å². The van der Waals surface area contributed by atoms with Crippen molar-refractivity contribution in [1.29, 1.82) is 0 Å². The molecule has 2 aromatic carbocycles. The molecule has 10 heteroatoms. The third-order valence-corrected chi connectivity index (χ3v) is 5.36. The number of halogens is 4. The zero-order chi connectivity index (χ0) is 20.9. The molecular formula is C18H18F4N2O3S. The van der Waals surface area contributed by atoms with Crippen molar-refractivity contribution in [2.24, 2.45) is 0 Å². The highest BCUT2D eigenvalue weighted by Gasteiger charge is 2.30. The number of alkyl halides is 3. The number of benzene rings is 2. The number of nitrogens with one attached hydrogen (secondary N) is 1. The van der Waals surface area contributed by atoms with Gasteiger partial charge in [-0.3, -0.25) is 4.79 Å². The third-order valence-electron chi connectivity index (χ3n) is 3.88. The van der Waals surface area contributed by atoms with Crippen LogP contribution < -0.4 is 4.72 Å². The van der Waals surface area contributed by atoms with Gasteiger partial charge in [0.25, 0.3) is 0 Å². The topological polar surface area (TPSA) is 66.5 Å². The molecular weight excluding hydrogens is 400 g/mol. The summed E-state index contributed by atoms with van der Waals surface area (Å²) >= 11 is 0. The van der Waals surface area contributed by atoms with Crippen LogP contribution in [-0.4, -0.2) is 32.8 Å².